The molecule has 5 atom stereocenters. The number of ketones is 1. The molecule has 0 saturated carbocycles. The van der Waals surface area contributed by atoms with E-state index >= 15 is 0 Å². The zero-order chi connectivity index (χ0) is 14.4. The maximum Gasteiger partial charge on any atom is 0.306 e. The summed E-state index contributed by atoms with van der Waals surface area (Å²) in [6.07, 6.45) is 3.76. The summed E-state index contributed by atoms with van der Waals surface area (Å²) in [5, 5.41) is 0. The van der Waals surface area contributed by atoms with Gasteiger partial charge < -0.3 is 9.47 Å². The van der Waals surface area contributed by atoms with Crippen LogP contribution < -0.4 is 0 Å². The van der Waals surface area contributed by atoms with Crippen LogP contribution in [0.4, 0.5) is 0 Å². The minimum Gasteiger partial charge on any atom is -0.458 e. The summed E-state index contributed by atoms with van der Waals surface area (Å²) >= 11 is 0. The van der Waals surface area contributed by atoms with Crippen LogP contribution in [0.2, 0.25) is 0 Å². The Balaban J connectivity index is 1.61. The molecule has 2 fully saturated rings. The lowest BCUT2D eigenvalue weighted by molar-refractivity contribution is -0.149. The Labute approximate surface area is 122 Å². The van der Waals surface area contributed by atoms with Gasteiger partial charge in [-0.3, -0.25) is 9.59 Å². The van der Waals surface area contributed by atoms with Crippen molar-refractivity contribution < 1.29 is 19.1 Å². The summed E-state index contributed by atoms with van der Waals surface area (Å²) in [4.78, 5) is 24.0. The number of carbonyl (C=O) groups is 2. The predicted octanol–water partition coefficient (Wildman–Crippen LogP) is 2.20. The molecular weight excluding hydrogens is 268 g/mol. The van der Waals surface area contributed by atoms with E-state index in [2.05, 4.69) is 0 Å². The number of rotatable bonds is 1. The van der Waals surface area contributed by atoms with Crippen molar-refractivity contribution in [2.45, 2.75) is 31.2 Å². The average molecular weight is 284 g/mol. The second kappa shape index (κ2) is 4.81. The highest BCUT2D eigenvalue weighted by Crippen LogP contribution is 2.43. The number of hydrogen-bond acceptors (Lipinski definition) is 4. The molecule has 0 amide bonds. The molecule has 4 rings (SSSR count). The van der Waals surface area contributed by atoms with Crippen molar-refractivity contribution in [3.05, 3.63) is 48.0 Å². The Morgan fingerprint density at radius 2 is 1.71 bits per heavy atom. The highest BCUT2D eigenvalue weighted by atomic mass is 16.6. The van der Waals surface area contributed by atoms with Gasteiger partial charge in [-0.1, -0.05) is 36.4 Å². The first-order chi connectivity index (χ1) is 10.2. The largest absolute Gasteiger partial charge is 0.458 e. The molecule has 0 radical (unpaired) electrons. The lowest BCUT2D eigenvalue weighted by atomic mass is 9.73. The van der Waals surface area contributed by atoms with Gasteiger partial charge in [0.15, 0.2) is 0 Å². The van der Waals surface area contributed by atoms with Gasteiger partial charge in [0.25, 0.3) is 0 Å². The van der Waals surface area contributed by atoms with Gasteiger partial charge in [-0.25, -0.2) is 0 Å². The fraction of sp³-hybridized carbons (Fsp3) is 0.412. The summed E-state index contributed by atoms with van der Waals surface area (Å²) in [7, 11) is 0. The molecule has 2 aliphatic heterocycles. The molecule has 4 nitrogen and oxygen atoms in total. The molecular formula is C17H16O4. The smallest absolute Gasteiger partial charge is 0.306 e. The van der Waals surface area contributed by atoms with E-state index in [0.717, 1.165) is 5.56 Å². The van der Waals surface area contributed by atoms with Crippen LogP contribution in [0.3, 0.4) is 0 Å². The Hall–Kier alpha value is -1.94. The lowest BCUT2D eigenvalue weighted by Crippen LogP contribution is -2.46. The van der Waals surface area contributed by atoms with Crippen LogP contribution in [0.15, 0.2) is 42.5 Å². The standard InChI is InChI=1S/C17H16O4/c18-12-9-15(10-4-2-1-3-5-10)20-14-7-6-13-11(17(12)14)8-16(19)21-13/h1-7,11,13-15,17H,8-9H2. The molecule has 1 aliphatic carbocycles. The molecule has 21 heavy (non-hydrogen) atoms. The molecule has 2 saturated heterocycles. The number of ether oxygens (including phenoxy) is 2. The van der Waals surface area contributed by atoms with Gasteiger partial charge in [0, 0.05) is 12.3 Å². The van der Waals surface area contributed by atoms with Gasteiger partial charge in [0.2, 0.25) is 0 Å². The van der Waals surface area contributed by atoms with Crippen LogP contribution in [-0.4, -0.2) is 24.0 Å². The zero-order valence-corrected chi connectivity index (χ0v) is 11.5. The molecule has 0 N–H and O–H groups in total. The molecule has 108 valence electrons. The first-order valence-corrected chi connectivity index (χ1v) is 7.33. The van der Waals surface area contributed by atoms with E-state index in [4.69, 9.17) is 9.47 Å². The molecule has 0 aromatic heterocycles. The number of Topliss-reactive ketones (excluding diaryl/α,β-unsaturated/α-hetero) is 1. The highest BCUT2D eigenvalue weighted by molar-refractivity contribution is 5.85. The molecule has 0 spiro atoms. The summed E-state index contributed by atoms with van der Waals surface area (Å²) in [6.45, 7) is 0. The normalized spacial score (nSPS) is 37.8. The van der Waals surface area contributed by atoms with E-state index < -0.39 is 0 Å². The van der Waals surface area contributed by atoms with Crippen LogP contribution in [-0.2, 0) is 19.1 Å². The first kappa shape index (κ1) is 12.8. The van der Waals surface area contributed by atoms with Crippen LogP contribution >= 0.6 is 0 Å². The zero-order valence-electron chi connectivity index (χ0n) is 11.5. The van der Waals surface area contributed by atoms with E-state index in [1.165, 1.54) is 0 Å². The maximum atomic E-state index is 12.6. The number of carbonyl (C=O) groups excluding carboxylic acids is 2. The number of esters is 1. The Bertz CT molecular complexity index is 606. The van der Waals surface area contributed by atoms with Crippen LogP contribution in [0.1, 0.15) is 24.5 Å². The molecule has 1 aromatic rings. The summed E-state index contributed by atoms with van der Waals surface area (Å²) in [5.41, 5.74) is 1.03. The van der Waals surface area contributed by atoms with Gasteiger partial charge >= 0.3 is 5.97 Å². The van der Waals surface area contributed by atoms with Crippen molar-refractivity contribution in [3.63, 3.8) is 0 Å². The summed E-state index contributed by atoms with van der Waals surface area (Å²) < 4.78 is 11.4. The van der Waals surface area contributed by atoms with Crippen molar-refractivity contribution in [1.29, 1.82) is 0 Å². The second-order valence-corrected chi connectivity index (χ2v) is 5.90. The van der Waals surface area contributed by atoms with E-state index in [1.807, 2.05) is 42.5 Å². The second-order valence-electron chi connectivity index (χ2n) is 5.90. The molecule has 4 heteroatoms. The third-order valence-corrected chi connectivity index (χ3v) is 4.65. The van der Waals surface area contributed by atoms with Crippen molar-refractivity contribution in [2.75, 3.05) is 0 Å². The van der Waals surface area contributed by atoms with E-state index in [1.54, 1.807) is 0 Å². The molecule has 0 bridgehead atoms. The monoisotopic (exact) mass is 284 g/mol. The molecule has 2 heterocycles. The summed E-state index contributed by atoms with van der Waals surface area (Å²) in [5.74, 6) is -0.339. The van der Waals surface area contributed by atoms with Gasteiger partial charge in [-0.15, -0.1) is 0 Å². The van der Waals surface area contributed by atoms with Crippen molar-refractivity contribution in [1.82, 2.24) is 0 Å². The first-order valence-electron chi connectivity index (χ1n) is 7.33. The quantitative estimate of drug-likeness (QED) is 0.586. The minimum absolute atomic E-state index is 0.0586. The van der Waals surface area contributed by atoms with E-state index in [-0.39, 0.29) is 41.9 Å². The summed E-state index contributed by atoms with van der Waals surface area (Å²) in [6, 6.07) is 9.81. The van der Waals surface area contributed by atoms with E-state index in [0.29, 0.717) is 12.8 Å². The number of benzene rings is 1. The fourth-order valence-electron chi connectivity index (χ4n) is 3.66. The Morgan fingerprint density at radius 3 is 2.52 bits per heavy atom. The lowest BCUT2D eigenvalue weighted by Gasteiger charge is -2.40. The molecule has 5 unspecified atom stereocenters. The molecule has 1 aromatic carbocycles. The Morgan fingerprint density at radius 1 is 0.952 bits per heavy atom. The Kier molecular flexibility index (Phi) is 2.93. The van der Waals surface area contributed by atoms with Crippen molar-refractivity contribution >= 4 is 11.8 Å². The average Bonchev–Trinajstić information content (AvgIpc) is 2.88. The number of hydrogen-bond donors (Lipinski definition) is 0. The minimum atomic E-state index is -0.250. The topological polar surface area (TPSA) is 52.6 Å². The molecule has 3 aliphatic rings. The van der Waals surface area contributed by atoms with Crippen LogP contribution in [0.5, 0.6) is 0 Å². The highest BCUT2D eigenvalue weighted by Gasteiger charge is 2.50. The van der Waals surface area contributed by atoms with Gasteiger partial charge in [0.1, 0.15) is 11.9 Å². The van der Waals surface area contributed by atoms with Gasteiger partial charge in [0.05, 0.1) is 24.5 Å². The van der Waals surface area contributed by atoms with Crippen LogP contribution in [0, 0.1) is 11.8 Å². The van der Waals surface area contributed by atoms with Crippen molar-refractivity contribution in [3.8, 4) is 0 Å². The van der Waals surface area contributed by atoms with E-state index in [9.17, 15) is 9.59 Å². The third kappa shape index (κ3) is 2.10. The van der Waals surface area contributed by atoms with Crippen molar-refractivity contribution in [2.24, 2.45) is 11.8 Å². The van der Waals surface area contributed by atoms with Gasteiger partial charge in [-0.2, -0.15) is 0 Å². The predicted molar refractivity (Wildman–Crippen MR) is 74.3 cm³/mol. The van der Waals surface area contributed by atoms with Gasteiger partial charge in [-0.05, 0) is 11.6 Å². The third-order valence-electron chi connectivity index (χ3n) is 4.65. The van der Waals surface area contributed by atoms with Crippen LogP contribution in [0.25, 0.3) is 0 Å². The maximum absolute atomic E-state index is 12.6. The SMILES string of the molecule is O=C1CC2C(C=CC3OC(c4ccccc4)CC(=O)C32)O1. The fourth-order valence-corrected chi connectivity index (χ4v) is 3.66. The number of fused-ring (bicyclic) bond motifs is 3.